The fourth-order valence-electron chi connectivity index (χ4n) is 1.83. The van der Waals surface area contributed by atoms with Gasteiger partial charge in [-0.1, -0.05) is 12.1 Å². The summed E-state index contributed by atoms with van der Waals surface area (Å²) in [5.74, 6) is 1.44. The molecule has 2 N–H and O–H groups in total. The maximum atomic E-state index is 6.07. The highest BCUT2D eigenvalue weighted by Gasteiger charge is 2.08. The number of nitrogen functional groups attached to an aromatic ring is 1. The molecule has 0 aliphatic heterocycles. The van der Waals surface area contributed by atoms with Crippen LogP contribution in [0.4, 0.5) is 5.69 Å². The number of anilines is 1. The Balaban J connectivity index is 2.02. The molecule has 1 heterocycles. The number of rotatable bonds is 2. The van der Waals surface area contributed by atoms with Gasteiger partial charge in [-0.25, -0.2) is 4.98 Å². The number of nitrogens with zero attached hydrogens (tertiary/aromatic N) is 1. The molecule has 90 valence electrons. The smallest absolute Gasteiger partial charge is 0.152 e. The van der Waals surface area contributed by atoms with E-state index in [-0.39, 0.29) is 0 Å². The van der Waals surface area contributed by atoms with Crippen LogP contribution < -0.4 is 10.5 Å². The van der Waals surface area contributed by atoms with Gasteiger partial charge >= 0.3 is 0 Å². The molecule has 18 heavy (non-hydrogen) atoms. The number of ether oxygens (including phenoxy) is 1. The summed E-state index contributed by atoms with van der Waals surface area (Å²) in [5.41, 5.74) is 10.4. The molecule has 3 rings (SSSR count). The second-order valence-electron chi connectivity index (χ2n) is 4.10. The lowest BCUT2D eigenvalue weighted by Crippen LogP contribution is -1.93. The van der Waals surface area contributed by atoms with Gasteiger partial charge in [0.1, 0.15) is 17.0 Å². The third-order valence-electron chi connectivity index (χ3n) is 2.72. The largest absolute Gasteiger partial charge is 0.455 e. The van der Waals surface area contributed by atoms with Crippen LogP contribution in [0.1, 0.15) is 5.56 Å². The van der Waals surface area contributed by atoms with E-state index in [1.54, 1.807) is 16.8 Å². The normalized spacial score (nSPS) is 10.7. The zero-order chi connectivity index (χ0) is 12.5. The molecule has 0 aliphatic rings. The van der Waals surface area contributed by atoms with Crippen molar-refractivity contribution < 1.29 is 4.74 Å². The summed E-state index contributed by atoms with van der Waals surface area (Å²) in [6.45, 7) is 2.03. The average Bonchev–Trinajstić information content (AvgIpc) is 2.82. The Kier molecular flexibility index (Phi) is 2.64. The third-order valence-corrected chi connectivity index (χ3v) is 3.51. The van der Waals surface area contributed by atoms with E-state index in [0.29, 0.717) is 11.4 Å². The fraction of sp³-hybridized carbons (Fsp3) is 0.0714. The quantitative estimate of drug-likeness (QED) is 0.705. The lowest BCUT2D eigenvalue weighted by atomic mass is 10.2. The van der Waals surface area contributed by atoms with Crippen molar-refractivity contribution in [2.24, 2.45) is 0 Å². The first-order chi connectivity index (χ1) is 8.74. The van der Waals surface area contributed by atoms with Crippen molar-refractivity contribution in [3.8, 4) is 11.5 Å². The van der Waals surface area contributed by atoms with Crippen LogP contribution in [-0.4, -0.2) is 4.98 Å². The summed E-state index contributed by atoms with van der Waals surface area (Å²) in [6.07, 6.45) is 0. The topological polar surface area (TPSA) is 48.1 Å². The molecule has 2 aromatic carbocycles. The Morgan fingerprint density at radius 1 is 1.22 bits per heavy atom. The zero-order valence-electron chi connectivity index (χ0n) is 9.88. The van der Waals surface area contributed by atoms with Crippen molar-refractivity contribution in [1.82, 2.24) is 4.98 Å². The van der Waals surface area contributed by atoms with E-state index < -0.39 is 0 Å². The Morgan fingerprint density at radius 2 is 2.11 bits per heavy atom. The predicted molar refractivity (Wildman–Crippen MR) is 75.3 cm³/mol. The highest BCUT2D eigenvalue weighted by atomic mass is 32.1. The summed E-state index contributed by atoms with van der Waals surface area (Å²) in [7, 11) is 0. The molecule has 0 aliphatic carbocycles. The molecule has 4 heteroatoms. The first-order valence-electron chi connectivity index (χ1n) is 5.60. The molecule has 0 atom stereocenters. The second kappa shape index (κ2) is 4.31. The molecule has 0 spiro atoms. The highest BCUT2D eigenvalue weighted by molar-refractivity contribution is 7.16. The van der Waals surface area contributed by atoms with Gasteiger partial charge in [0, 0.05) is 0 Å². The van der Waals surface area contributed by atoms with Gasteiger partial charge in [0.2, 0.25) is 0 Å². The maximum absolute atomic E-state index is 6.07. The van der Waals surface area contributed by atoms with Crippen molar-refractivity contribution in [2.75, 3.05) is 5.73 Å². The Labute approximate surface area is 109 Å². The molecule has 1 aromatic heterocycles. The predicted octanol–water partition coefficient (Wildman–Crippen LogP) is 3.98. The van der Waals surface area contributed by atoms with Gasteiger partial charge in [0.15, 0.2) is 5.75 Å². The number of hydrogen-bond acceptors (Lipinski definition) is 4. The van der Waals surface area contributed by atoms with Crippen LogP contribution in [0.3, 0.4) is 0 Å². The Morgan fingerprint density at radius 3 is 2.94 bits per heavy atom. The van der Waals surface area contributed by atoms with Crippen LogP contribution in [0.15, 0.2) is 41.9 Å². The monoisotopic (exact) mass is 256 g/mol. The van der Waals surface area contributed by atoms with Gasteiger partial charge in [-0.15, -0.1) is 11.3 Å². The summed E-state index contributed by atoms with van der Waals surface area (Å²) in [4.78, 5) is 4.25. The molecule has 0 saturated heterocycles. The zero-order valence-corrected chi connectivity index (χ0v) is 10.7. The van der Waals surface area contributed by atoms with E-state index in [0.717, 1.165) is 21.5 Å². The molecular weight excluding hydrogens is 244 g/mol. The standard InChI is InChI=1S/C14H12N2OS/c1-9-3-2-4-10(7-9)17-11-5-6-12-14(13(11)15)16-8-18-12/h2-8H,15H2,1H3. The highest BCUT2D eigenvalue weighted by Crippen LogP contribution is 2.34. The lowest BCUT2D eigenvalue weighted by Gasteiger charge is -2.09. The van der Waals surface area contributed by atoms with Crippen molar-refractivity contribution in [1.29, 1.82) is 0 Å². The van der Waals surface area contributed by atoms with Crippen molar-refractivity contribution in [3.05, 3.63) is 47.5 Å². The van der Waals surface area contributed by atoms with Crippen molar-refractivity contribution in [3.63, 3.8) is 0 Å². The molecule has 0 bridgehead atoms. The van der Waals surface area contributed by atoms with E-state index in [9.17, 15) is 0 Å². The molecule has 0 amide bonds. The third kappa shape index (κ3) is 1.91. The number of fused-ring (bicyclic) bond motifs is 1. The van der Waals surface area contributed by atoms with Crippen LogP contribution in [-0.2, 0) is 0 Å². The number of nitrogens with two attached hydrogens (primary N) is 1. The molecule has 3 aromatic rings. The number of hydrogen-bond donors (Lipinski definition) is 1. The average molecular weight is 256 g/mol. The lowest BCUT2D eigenvalue weighted by molar-refractivity contribution is 0.485. The molecule has 0 radical (unpaired) electrons. The molecule has 3 nitrogen and oxygen atoms in total. The second-order valence-corrected chi connectivity index (χ2v) is 4.98. The van der Waals surface area contributed by atoms with Gasteiger partial charge in [-0.2, -0.15) is 0 Å². The summed E-state index contributed by atoms with van der Waals surface area (Å²) in [5, 5.41) is 0. The van der Waals surface area contributed by atoms with Crippen LogP contribution in [0.25, 0.3) is 10.2 Å². The minimum atomic E-state index is 0.593. The van der Waals surface area contributed by atoms with Gasteiger partial charge in [0.25, 0.3) is 0 Å². The van der Waals surface area contributed by atoms with Gasteiger partial charge in [0.05, 0.1) is 10.2 Å². The molecular formula is C14H12N2OS. The SMILES string of the molecule is Cc1cccc(Oc2ccc3scnc3c2N)c1. The van der Waals surface area contributed by atoms with Crippen LogP contribution in [0.5, 0.6) is 11.5 Å². The van der Waals surface area contributed by atoms with Crippen LogP contribution in [0, 0.1) is 6.92 Å². The minimum Gasteiger partial charge on any atom is -0.455 e. The van der Waals surface area contributed by atoms with Gasteiger partial charge in [-0.3, -0.25) is 0 Å². The van der Waals surface area contributed by atoms with E-state index in [1.165, 1.54) is 0 Å². The van der Waals surface area contributed by atoms with E-state index in [4.69, 9.17) is 10.5 Å². The summed E-state index contributed by atoms with van der Waals surface area (Å²) in [6, 6.07) is 11.7. The Bertz CT molecular complexity index is 706. The number of benzene rings is 2. The van der Waals surface area contributed by atoms with E-state index >= 15 is 0 Å². The van der Waals surface area contributed by atoms with Crippen LogP contribution >= 0.6 is 11.3 Å². The van der Waals surface area contributed by atoms with Crippen LogP contribution in [0.2, 0.25) is 0 Å². The molecule has 0 fully saturated rings. The van der Waals surface area contributed by atoms with E-state index in [1.807, 2.05) is 43.3 Å². The number of thiazole rings is 1. The summed E-state index contributed by atoms with van der Waals surface area (Å²) >= 11 is 1.57. The number of aromatic nitrogens is 1. The summed E-state index contributed by atoms with van der Waals surface area (Å²) < 4.78 is 6.88. The van der Waals surface area contributed by atoms with Gasteiger partial charge in [-0.05, 0) is 36.8 Å². The first-order valence-corrected chi connectivity index (χ1v) is 6.48. The van der Waals surface area contributed by atoms with Crippen molar-refractivity contribution >= 4 is 27.2 Å². The first kappa shape index (κ1) is 11.0. The van der Waals surface area contributed by atoms with Gasteiger partial charge < -0.3 is 10.5 Å². The van der Waals surface area contributed by atoms with Crippen molar-refractivity contribution in [2.45, 2.75) is 6.92 Å². The minimum absolute atomic E-state index is 0.593. The van der Waals surface area contributed by atoms with E-state index in [2.05, 4.69) is 4.98 Å². The maximum Gasteiger partial charge on any atom is 0.152 e. The number of aryl methyl sites for hydroxylation is 1. The molecule has 0 unspecified atom stereocenters. The molecule has 0 saturated carbocycles. The Hall–Kier alpha value is -2.07. The fourth-order valence-corrected chi connectivity index (χ4v) is 2.52.